The molecule has 0 amide bonds. The summed E-state index contributed by atoms with van der Waals surface area (Å²) in [5.41, 5.74) is 0.540. The Kier molecular flexibility index (Phi) is 6.61. The highest BCUT2D eigenvalue weighted by Crippen LogP contribution is 2.23. The van der Waals surface area contributed by atoms with Gasteiger partial charge in [-0.2, -0.15) is 17.8 Å². The minimum Gasteiger partial charge on any atom is -0.486 e. The molecule has 9 nitrogen and oxygen atoms in total. The van der Waals surface area contributed by atoms with E-state index in [1.807, 2.05) is 0 Å². The van der Waals surface area contributed by atoms with Crippen LogP contribution in [0.15, 0.2) is 53.4 Å². The molecule has 2 heterocycles. The number of piperidine rings is 1. The topological polar surface area (TPSA) is 99.4 Å². The highest BCUT2D eigenvalue weighted by Gasteiger charge is 2.25. The van der Waals surface area contributed by atoms with Gasteiger partial charge >= 0.3 is 6.61 Å². The Balaban J connectivity index is 1.41. The van der Waals surface area contributed by atoms with E-state index in [0.29, 0.717) is 30.4 Å². The van der Waals surface area contributed by atoms with E-state index < -0.39 is 16.6 Å². The van der Waals surface area contributed by atoms with Gasteiger partial charge in [0.05, 0.1) is 10.6 Å². The lowest BCUT2D eigenvalue weighted by Gasteiger charge is -2.25. The van der Waals surface area contributed by atoms with E-state index >= 15 is 0 Å². The van der Waals surface area contributed by atoms with Crippen molar-refractivity contribution in [3.8, 4) is 17.2 Å². The van der Waals surface area contributed by atoms with E-state index in [1.54, 1.807) is 12.1 Å². The highest BCUT2D eigenvalue weighted by atomic mass is 32.2. The van der Waals surface area contributed by atoms with Crippen molar-refractivity contribution in [1.29, 1.82) is 0 Å². The summed E-state index contributed by atoms with van der Waals surface area (Å²) >= 11 is 0. The monoisotopic (exact) mass is 465 g/mol. The summed E-state index contributed by atoms with van der Waals surface area (Å²) in [5.74, 6) is 0.851. The average Bonchev–Trinajstić information content (AvgIpc) is 3.27. The molecule has 0 unspecified atom stereocenters. The second-order valence-electron chi connectivity index (χ2n) is 7.10. The number of tetrazole rings is 1. The van der Waals surface area contributed by atoms with Gasteiger partial charge in [-0.3, -0.25) is 0 Å². The van der Waals surface area contributed by atoms with Crippen LogP contribution in [0.1, 0.15) is 25.1 Å². The number of ether oxygens (including phenoxy) is 2. The van der Waals surface area contributed by atoms with Crippen LogP contribution in [0.2, 0.25) is 0 Å². The number of aromatic nitrogens is 4. The van der Waals surface area contributed by atoms with Gasteiger partial charge in [0, 0.05) is 13.1 Å². The fourth-order valence-electron chi connectivity index (χ4n) is 3.38. The Hall–Kier alpha value is -3.12. The number of halogens is 2. The first kappa shape index (κ1) is 22.1. The molecule has 1 fully saturated rings. The predicted molar refractivity (Wildman–Crippen MR) is 109 cm³/mol. The number of sulfonamides is 1. The van der Waals surface area contributed by atoms with Crippen LogP contribution in [0.5, 0.6) is 11.5 Å². The second-order valence-corrected chi connectivity index (χ2v) is 9.04. The van der Waals surface area contributed by atoms with Gasteiger partial charge in [-0.15, -0.1) is 5.10 Å². The number of hydrogen-bond donors (Lipinski definition) is 0. The van der Waals surface area contributed by atoms with Crippen molar-refractivity contribution < 1.29 is 26.7 Å². The van der Waals surface area contributed by atoms with Crippen molar-refractivity contribution in [2.24, 2.45) is 0 Å². The van der Waals surface area contributed by atoms with Gasteiger partial charge < -0.3 is 9.47 Å². The molecule has 0 radical (unpaired) electrons. The van der Waals surface area contributed by atoms with Crippen molar-refractivity contribution >= 4 is 10.0 Å². The molecule has 0 aliphatic carbocycles. The van der Waals surface area contributed by atoms with Crippen molar-refractivity contribution in [1.82, 2.24) is 24.5 Å². The molecule has 1 saturated heterocycles. The molecule has 12 heteroatoms. The minimum atomic E-state index is -3.51. The zero-order chi connectivity index (χ0) is 22.6. The number of benzene rings is 2. The van der Waals surface area contributed by atoms with Crippen molar-refractivity contribution in [3.05, 3.63) is 54.4 Å². The van der Waals surface area contributed by atoms with E-state index in [9.17, 15) is 17.2 Å². The Morgan fingerprint density at radius 2 is 1.59 bits per heavy atom. The standard InChI is InChI=1S/C20H21F2N5O4S/c21-20(22)31-17-6-4-15(5-7-17)27-19(23-24-25-27)14-30-16-8-10-18(11-9-16)32(28,29)26-12-2-1-3-13-26/h4-11,20H,1-3,12-14H2. The third kappa shape index (κ3) is 5.02. The maximum Gasteiger partial charge on any atom is 0.387 e. The number of rotatable bonds is 8. The Morgan fingerprint density at radius 1 is 0.938 bits per heavy atom. The molecule has 0 bridgehead atoms. The molecule has 0 atom stereocenters. The average molecular weight is 465 g/mol. The zero-order valence-corrected chi connectivity index (χ0v) is 17.8. The summed E-state index contributed by atoms with van der Waals surface area (Å²) in [7, 11) is -3.51. The van der Waals surface area contributed by atoms with Crippen LogP contribution in [-0.4, -0.2) is 52.6 Å². The second kappa shape index (κ2) is 9.57. The van der Waals surface area contributed by atoms with Crippen LogP contribution in [-0.2, 0) is 16.6 Å². The maximum atomic E-state index is 12.7. The molecule has 2 aromatic carbocycles. The number of alkyl halides is 2. The van der Waals surface area contributed by atoms with Crippen molar-refractivity contribution in [3.63, 3.8) is 0 Å². The largest absolute Gasteiger partial charge is 0.486 e. The molecule has 1 aliphatic heterocycles. The van der Waals surface area contributed by atoms with Crippen molar-refractivity contribution in [2.45, 2.75) is 37.4 Å². The normalized spacial score (nSPS) is 15.1. The lowest BCUT2D eigenvalue weighted by molar-refractivity contribution is -0.0498. The van der Waals surface area contributed by atoms with E-state index in [0.717, 1.165) is 19.3 Å². The molecule has 0 saturated carbocycles. The third-order valence-corrected chi connectivity index (χ3v) is 6.90. The summed E-state index contributed by atoms with van der Waals surface area (Å²) in [4.78, 5) is 0.225. The van der Waals surface area contributed by atoms with E-state index in [1.165, 1.54) is 45.4 Å². The molecule has 32 heavy (non-hydrogen) atoms. The van der Waals surface area contributed by atoms with Gasteiger partial charge in [-0.1, -0.05) is 6.42 Å². The summed E-state index contributed by atoms with van der Waals surface area (Å²) in [6.45, 7) is -1.81. The predicted octanol–water partition coefficient (Wildman–Crippen LogP) is 3.02. The molecule has 1 aromatic heterocycles. The fraction of sp³-hybridized carbons (Fsp3) is 0.350. The molecule has 0 N–H and O–H groups in total. The van der Waals surface area contributed by atoms with Crippen LogP contribution in [0.3, 0.4) is 0 Å². The quantitative estimate of drug-likeness (QED) is 0.504. The molecule has 4 rings (SSSR count). The lowest BCUT2D eigenvalue weighted by atomic mass is 10.2. The van der Waals surface area contributed by atoms with Crippen molar-refractivity contribution in [2.75, 3.05) is 13.1 Å². The Bertz CT molecular complexity index is 1130. The van der Waals surface area contributed by atoms with Gasteiger partial charge in [0.2, 0.25) is 10.0 Å². The molecule has 1 aliphatic rings. The van der Waals surface area contributed by atoms with E-state index in [4.69, 9.17) is 4.74 Å². The zero-order valence-electron chi connectivity index (χ0n) is 17.0. The van der Waals surface area contributed by atoms with Crippen LogP contribution < -0.4 is 9.47 Å². The molecule has 0 spiro atoms. The Morgan fingerprint density at radius 3 is 2.25 bits per heavy atom. The fourth-order valence-corrected chi connectivity index (χ4v) is 4.89. The van der Waals surface area contributed by atoms with Crippen LogP contribution in [0.4, 0.5) is 8.78 Å². The first-order valence-corrected chi connectivity index (χ1v) is 11.4. The van der Waals surface area contributed by atoms with Crippen LogP contribution in [0.25, 0.3) is 5.69 Å². The lowest BCUT2D eigenvalue weighted by Crippen LogP contribution is -2.35. The van der Waals surface area contributed by atoms with Gasteiger partial charge in [0.25, 0.3) is 0 Å². The van der Waals surface area contributed by atoms with Gasteiger partial charge in [0.15, 0.2) is 5.82 Å². The third-order valence-electron chi connectivity index (χ3n) is 4.99. The summed E-state index contributed by atoms with van der Waals surface area (Å²) in [6, 6.07) is 12.1. The van der Waals surface area contributed by atoms with Gasteiger partial charge in [0.1, 0.15) is 18.1 Å². The van der Waals surface area contributed by atoms with Crippen LogP contribution >= 0.6 is 0 Å². The molecular formula is C20H21F2N5O4S. The van der Waals surface area contributed by atoms with Gasteiger partial charge in [-0.25, -0.2) is 8.42 Å². The highest BCUT2D eigenvalue weighted by molar-refractivity contribution is 7.89. The number of hydrogen-bond acceptors (Lipinski definition) is 7. The Labute approximate surface area is 183 Å². The SMILES string of the molecule is O=S(=O)(c1ccc(OCc2nnnn2-c2ccc(OC(F)F)cc2)cc1)N1CCCCC1. The molecule has 3 aromatic rings. The van der Waals surface area contributed by atoms with Gasteiger partial charge in [-0.05, 0) is 71.8 Å². The first-order chi connectivity index (χ1) is 15.4. The molecule has 170 valence electrons. The minimum absolute atomic E-state index is 0.0144. The van der Waals surface area contributed by atoms with E-state index in [-0.39, 0.29) is 17.3 Å². The summed E-state index contributed by atoms with van der Waals surface area (Å²) in [6.07, 6.45) is 2.79. The maximum absolute atomic E-state index is 12.7. The van der Waals surface area contributed by atoms with Crippen LogP contribution in [0, 0.1) is 0 Å². The molecular weight excluding hydrogens is 444 g/mol. The first-order valence-electron chi connectivity index (χ1n) is 9.99. The summed E-state index contributed by atoms with van der Waals surface area (Å²) < 4.78 is 63.0. The summed E-state index contributed by atoms with van der Waals surface area (Å²) in [5, 5.41) is 11.4. The smallest absolute Gasteiger partial charge is 0.387 e. The number of nitrogens with zero attached hydrogens (tertiary/aromatic N) is 5. The van der Waals surface area contributed by atoms with E-state index in [2.05, 4.69) is 20.3 Å².